The molecule has 1 aromatic carbocycles. The van der Waals surface area contributed by atoms with Gasteiger partial charge in [-0.3, -0.25) is 0 Å². The largest absolute Gasteiger partial charge is 0.490 e. The zero-order valence-electron chi connectivity index (χ0n) is 9.12. The maximum absolute atomic E-state index is 13.3. The molecule has 0 N–H and O–H groups in total. The van der Waals surface area contributed by atoms with Crippen LogP contribution in [0.5, 0.6) is 5.75 Å². The van der Waals surface area contributed by atoms with Gasteiger partial charge in [-0.15, -0.1) is 0 Å². The molecule has 1 saturated carbocycles. The second-order valence-corrected chi connectivity index (χ2v) is 4.22. The number of carbonyl (C=O) groups is 1. The summed E-state index contributed by atoms with van der Waals surface area (Å²) >= 11 is 0. The second-order valence-electron chi connectivity index (χ2n) is 4.22. The Morgan fingerprint density at radius 3 is 2.94 bits per heavy atom. The van der Waals surface area contributed by atoms with Crippen LogP contribution in [0.1, 0.15) is 24.8 Å². The minimum Gasteiger partial charge on any atom is -0.490 e. The Labute approximate surface area is 94.4 Å². The molecule has 0 radical (unpaired) electrons. The zero-order valence-corrected chi connectivity index (χ0v) is 9.12. The lowest BCUT2D eigenvalue weighted by Gasteiger charge is -2.07. The normalized spacial score (nSPS) is 14.8. The van der Waals surface area contributed by atoms with Gasteiger partial charge >= 0.3 is 0 Å². The van der Waals surface area contributed by atoms with Crippen molar-refractivity contribution in [2.75, 3.05) is 6.61 Å². The van der Waals surface area contributed by atoms with Crippen molar-refractivity contribution in [1.82, 2.24) is 0 Å². The molecule has 16 heavy (non-hydrogen) atoms. The van der Waals surface area contributed by atoms with Gasteiger partial charge in [-0.25, -0.2) is 4.39 Å². The highest BCUT2D eigenvalue weighted by Gasteiger charge is 2.20. The van der Waals surface area contributed by atoms with Crippen LogP contribution in [0.2, 0.25) is 0 Å². The first-order valence-corrected chi connectivity index (χ1v) is 5.64. The van der Waals surface area contributed by atoms with E-state index in [4.69, 9.17) is 4.74 Å². The summed E-state index contributed by atoms with van der Waals surface area (Å²) in [6, 6.07) is 4.57. The number of ether oxygens (including phenoxy) is 1. The third-order valence-electron chi connectivity index (χ3n) is 2.80. The topological polar surface area (TPSA) is 26.3 Å². The molecule has 2 rings (SSSR count). The molecule has 0 amide bonds. The van der Waals surface area contributed by atoms with Crippen molar-refractivity contribution in [3.8, 4) is 5.75 Å². The van der Waals surface area contributed by atoms with Crippen molar-refractivity contribution in [1.29, 1.82) is 0 Å². The van der Waals surface area contributed by atoms with Crippen LogP contribution in [0.15, 0.2) is 18.2 Å². The van der Waals surface area contributed by atoms with Crippen molar-refractivity contribution in [3.05, 3.63) is 29.6 Å². The number of hydrogen-bond donors (Lipinski definition) is 0. The molecule has 0 bridgehead atoms. The first-order chi connectivity index (χ1) is 7.79. The second kappa shape index (κ2) is 5.10. The Morgan fingerprint density at radius 1 is 1.44 bits per heavy atom. The predicted molar refractivity (Wildman–Crippen MR) is 59.0 cm³/mol. The van der Waals surface area contributed by atoms with Gasteiger partial charge in [-0.1, -0.05) is 18.9 Å². The van der Waals surface area contributed by atoms with E-state index in [0.717, 1.165) is 24.2 Å². The first kappa shape index (κ1) is 11.1. The molecule has 1 aromatic rings. The average Bonchev–Trinajstić information content (AvgIpc) is 3.07. The average molecular weight is 222 g/mol. The summed E-state index contributed by atoms with van der Waals surface area (Å²) in [5, 5.41) is 0. The monoisotopic (exact) mass is 222 g/mol. The van der Waals surface area contributed by atoms with E-state index in [0.29, 0.717) is 13.0 Å². The highest BCUT2D eigenvalue weighted by atomic mass is 19.1. The van der Waals surface area contributed by atoms with E-state index in [2.05, 4.69) is 0 Å². The molecule has 2 nitrogen and oxygen atoms in total. The summed E-state index contributed by atoms with van der Waals surface area (Å²) in [4.78, 5) is 10.3. The Hall–Kier alpha value is -1.38. The van der Waals surface area contributed by atoms with Gasteiger partial charge in [0.15, 0.2) is 11.6 Å². The third kappa shape index (κ3) is 3.05. The fourth-order valence-corrected chi connectivity index (χ4v) is 1.62. The minimum absolute atomic E-state index is 0.264. The Balaban J connectivity index is 1.93. The van der Waals surface area contributed by atoms with E-state index >= 15 is 0 Å². The van der Waals surface area contributed by atoms with Crippen LogP contribution in [0, 0.1) is 11.7 Å². The van der Waals surface area contributed by atoms with Crippen molar-refractivity contribution in [2.45, 2.75) is 25.7 Å². The third-order valence-corrected chi connectivity index (χ3v) is 2.80. The molecular weight excluding hydrogens is 207 g/mol. The van der Waals surface area contributed by atoms with E-state index in [1.54, 1.807) is 12.1 Å². The van der Waals surface area contributed by atoms with Crippen LogP contribution < -0.4 is 4.74 Å². The Kier molecular flexibility index (Phi) is 3.54. The molecule has 0 aliphatic heterocycles. The van der Waals surface area contributed by atoms with E-state index in [1.807, 2.05) is 0 Å². The maximum Gasteiger partial charge on any atom is 0.165 e. The molecule has 0 atom stereocenters. The van der Waals surface area contributed by atoms with E-state index in [1.165, 1.54) is 18.9 Å². The minimum atomic E-state index is -0.356. The Morgan fingerprint density at radius 2 is 2.25 bits per heavy atom. The molecule has 1 fully saturated rings. The molecule has 0 unspecified atom stereocenters. The van der Waals surface area contributed by atoms with E-state index in [9.17, 15) is 9.18 Å². The highest BCUT2D eigenvalue weighted by Crippen LogP contribution is 2.32. The summed E-state index contributed by atoms with van der Waals surface area (Å²) < 4.78 is 18.7. The highest BCUT2D eigenvalue weighted by molar-refractivity contribution is 5.55. The van der Waals surface area contributed by atoms with Gasteiger partial charge in [0.2, 0.25) is 0 Å². The van der Waals surface area contributed by atoms with Crippen LogP contribution in [-0.2, 0) is 11.2 Å². The van der Waals surface area contributed by atoms with Gasteiger partial charge in [-0.2, -0.15) is 0 Å². The Bertz CT molecular complexity index is 372. The molecule has 3 heteroatoms. The molecule has 86 valence electrons. The number of halogens is 1. The molecule has 1 aliphatic rings. The first-order valence-electron chi connectivity index (χ1n) is 5.64. The van der Waals surface area contributed by atoms with Crippen LogP contribution in [0.4, 0.5) is 4.39 Å². The number of benzene rings is 1. The lowest BCUT2D eigenvalue weighted by Crippen LogP contribution is -2.01. The number of carbonyl (C=O) groups excluding carboxylic acids is 1. The summed E-state index contributed by atoms with van der Waals surface area (Å²) in [5.74, 6) is 0.687. The molecular formula is C13H15FO2. The van der Waals surface area contributed by atoms with E-state index in [-0.39, 0.29) is 11.6 Å². The van der Waals surface area contributed by atoms with Crippen LogP contribution >= 0.6 is 0 Å². The number of rotatable bonds is 6. The van der Waals surface area contributed by atoms with Gasteiger partial charge in [-0.05, 0) is 30.0 Å². The van der Waals surface area contributed by atoms with Crippen molar-refractivity contribution in [2.24, 2.45) is 5.92 Å². The molecule has 0 saturated heterocycles. The van der Waals surface area contributed by atoms with Crippen molar-refractivity contribution in [3.63, 3.8) is 0 Å². The lowest BCUT2D eigenvalue weighted by atomic mass is 10.1. The van der Waals surface area contributed by atoms with Gasteiger partial charge in [0.1, 0.15) is 6.29 Å². The van der Waals surface area contributed by atoms with Gasteiger partial charge in [0, 0.05) is 6.42 Å². The molecule has 0 spiro atoms. The summed E-state index contributed by atoms with van der Waals surface area (Å²) in [6.45, 7) is 0.562. The van der Waals surface area contributed by atoms with E-state index < -0.39 is 0 Å². The summed E-state index contributed by atoms with van der Waals surface area (Å²) in [6.07, 6.45) is 4.66. The van der Waals surface area contributed by atoms with Crippen molar-refractivity contribution < 1.29 is 13.9 Å². The molecule has 1 aliphatic carbocycles. The fraction of sp³-hybridized carbons (Fsp3) is 0.462. The number of hydrogen-bond acceptors (Lipinski definition) is 2. The zero-order chi connectivity index (χ0) is 11.4. The SMILES string of the molecule is O=CCc1ccc(F)c(OCCC2CC2)c1. The molecule has 0 aromatic heterocycles. The maximum atomic E-state index is 13.3. The van der Waals surface area contributed by atoms with Gasteiger partial charge in [0.05, 0.1) is 6.61 Å². The number of aldehydes is 1. The van der Waals surface area contributed by atoms with Crippen LogP contribution in [0.3, 0.4) is 0 Å². The quantitative estimate of drug-likeness (QED) is 0.692. The van der Waals surface area contributed by atoms with Gasteiger partial charge < -0.3 is 9.53 Å². The van der Waals surface area contributed by atoms with Crippen LogP contribution in [0.25, 0.3) is 0 Å². The summed E-state index contributed by atoms with van der Waals surface area (Å²) in [7, 11) is 0. The predicted octanol–water partition coefficient (Wildman–Crippen LogP) is 2.75. The van der Waals surface area contributed by atoms with Gasteiger partial charge in [0.25, 0.3) is 0 Å². The summed E-state index contributed by atoms with van der Waals surface area (Å²) in [5.41, 5.74) is 0.790. The standard InChI is InChI=1S/C13H15FO2/c14-12-4-3-11(5-7-15)9-13(12)16-8-6-10-1-2-10/h3-4,7,9-10H,1-2,5-6,8H2. The van der Waals surface area contributed by atoms with Crippen LogP contribution in [-0.4, -0.2) is 12.9 Å². The molecule has 0 heterocycles. The fourth-order valence-electron chi connectivity index (χ4n) is 1.62. The smallest absolute Gasteiger partial charge is 0.165 e. The lowest BCUT2D eigenvalue weighted by molar-refractivity contribution is -0.107. The van der Waals surface area contributed by atoms with Crippen molar-refractivity contribution >= 4 is 6.29 Å².